The molecule has 9 nitrogen and oxygen atoms in total. The molecular weight excluding hydrogens is 538 g/mol. The Hall–Kier alpha value is -4.61. The van der Waals surface area contributed by atoms with Crippen molar-refractivity contribution in [3.05, 3.63) is 66.3 Å². The van der Waals surface area contributed by atoms with Crippen LogP contribution in [-0.4, -0.2) is 41.1 Å². The molecule has 0 spiro atoms. The maximum atomic E-state index is 11.2. The second-order valence-electron chi connectivity index (χ2n) is 8.25. The molecule has 0 unspecified atom stereocenters. The summed E-state index contributed by atoms with van der Waals surface area (Å²) in [6.45, 7) is 1.83. The van der Waals surface area contributed by atoms with Crippen LogP contribution < -0.4 is 18.9 Å². The Bertz CT molecular complexity index is 1650. The van der Waals surface area contributed by atoms with Crippen LogP contribution in [0.15, 0.2) is 66.3 Å². The van der Waals surface area contributed by atoms with Crippen molar-refractivity contribution in [3.63, 3.8) is 0 Å². The van der Waals surface area contributed by atoms with E-state index in [2.05, 4.69) is 16.0 Å². The molecule has 0 amide bonds. The largest absolute Gasteiger partial charge is 0.488 e. The van der Waals surface area contributed by atoms with Gasteiger partial charge in [0.2, 0.25) is 0 Å². The van der Waals surface area contributed by atoms with Crippen LogP contribution >= 0.6 is 22.7 Å². The van der Waals surface area contributed by atoms with Crippen molar-refractivity contribution in [2.45, 2.75) is 6.42 Å². The topological polar surface area (TPSA) is 110 Å². The van der Waals surface area contributed by atoms with Crippen molar-refractivity contribution >= 4 is 35.6 Å². The molecule has 6 rings (SSSR count). The van der Waals surface area contributed by atoms with Gasteiger partial charge in [0.1, 0.15) is 11.5 Å². The molecule has 0 bridgehead atoms. The van der Waals surface area contributed by atoms with E-state index in [1.54, 1.807) is 53.1 Å². The van der Waals surface area contributed by atoms with Crippen molar-refractivity contribution < 1.29 is 28.5 Å². The minimum absolute atomic E-state index is 0.266. The lowest BCUT2D eigenvalue weighted by atomic mass is 10.1. The normalized spacial score (nSPS) is 12.4. The SMILES string of the molecule is O=COc1ccnc(-c2cc(OC=O)cc(-c3cc(-c4sc(-c5cccs5)c5c4OCCCO5)ccn3)n2)c1. The summed E-state index contributed by atoms with van der Waals surface area (Å²) in [5.41, 5.74) is 2.75. The molecule has 0 saturated heterocycles. The molecule has 6 heterocycles. The van der Waals surface area contributed by atoms with E-state index in [9.17, 15) is 9.59 Å². The summed E-state index contributed by atoms with van der Waals surface area (Å²) in [6, 6.07) is 14.2. The molecule has 0 radical (unpaired) electrons. The minimum atomic E-state index is 0.266. The summed E-state index contributed by atoms with van der Waals surface area (Å²) in [5, 5.41) is 2.04. The van der Waals surface area contributed by atoms with Crippen molar-refractivity contribution in [3.8, 4) is 66.0 Å². The zero-order valence-electron chi connectivity index (χ0n) is 20.2. The third-order valence-electron chi connectivity index (χ3n) is 5.79. The Morgan fingerprint density at radius 3 is 2.15 bits per heavy atom. The third-order valence-corrected chi connectivity index (χ3v) is 8.05. The van der Waals surface area contributed by atoms with E-state index in [0.29, 0.717) is 54.7 Å². The quantitative estimate of drug-likeness (QED) is 0.216. The number of carbonyl (C=O) groups excluding carboxylic acids is 2. The van der Waals surface area contributed by atoms with Crippen LogP contribution in [0.4, 0.5) is 0 Å². The molecule has 0 N–H and O–H groups in total. The van der Waals surface area contributed by atoms with Crippen LogP contribution in [0.5, 0.6) is 23.0 Å². The predicted molar refractivity (Wildman–Crippen MR) is 146 cm³/mol. The summed E-state index contributed by atoms with van der Waals surface area (Å²) >= 11 is 3.26. The molecule has 0 saturated carbocycles. The van der Waals surface area contributed by atoms with Crippen molar-refractivity contribution in [1.29, 1.82) is 0 Å². The van der Waals surface area contributed by atoms with E-state index in [1.165, 1.54) is 6.20 Å². The summed E-state index contributed by atoms with van der Waals surface area (Å²) < 4.78 is 22.4. The van der Waals surface area contributed by atoms with Gasteiger partial charge in [-0.15, -0.1) is 22.7 Å². The van der Waals surface area contributed by atoms with Gasteiger partial charge in [0.25, 0.3) is 12.9 Å². The second kappa shape index (κ2) is 11.0. The van der Waals surface area contributed by atoms with E-state index in [0.717, 1.165) is 38.1 Å². The number of nitrogens with zero attached hydrogens (tertiary/aromatic N) is 3. The Morgan fingerprint density at radius 1 is 0.769 bits per heavy atom. The first-order chi connectivity index (χ1) is 19.2. The van der Waals surface area contributed by atoms with Crippen molar-refractivity contribution in [1.82, 2.24) is 15.0 Å². The molecule has 1 aliphatic heterocycles. The lowest BCUT2D eigenvalue weighted by Gasteiger charge is -2.10. The number of fused-ring (bicyclic) bond motifs is 1. The summed E-state index contributed by atoms with van der Waals surface area (Å²) in [4.78, 5) is 38.6. The zero-order chi connectivity index (χ0) is 26.6. The number of pyridine rings is 3. The summed E-state index contributed by atoms with van der Waals surface area (Å²) in [7, 11) is 0. The van der Waals surface area contributed by atoms with Gasteiger partial charge in [0.15, 0.2) is 11.5 Å². The Kier molecular flexibility index (Phi) is 6.98. The van der Waals surface area contributed by atoms with Crippen LogP contribution in [0.2, 0.25) is 0 Å². The Labute approximate surface area is 230 Å². The highest BCUT2D eigenvalue weighted by Crippen LogP contribution is 2.54. The van der Waals surface area contributed by atoms with Gasteiger partial charge in [-0.3, -0.25) is 19.6 Å². The fourth-order valence-corrected chi connectivity index (χ4v) is 6.15. The van der Waals surface area contributed by atoms with Crippen molar-refractivity contribution in [2.75, 3.05) is 13.2 Å². The van der Waals surface area contributed by atoms with Gasteiger partial charge < -0.3 is 18.9 Å². The van der Waals surface area contributed by atoms with Gasteiger partial charge in [-0.25, -0.2) is 4.98 Å². The second-order valence-corrected chi connectivity index (χ2v) is 10.2. The highest BCUT2D eigenvalue weighted by molar-refractivity contribution is 7.24. The number of hydrogen-bond acceptors (Lipinski definition) is 11. The number of rotatable bonds is 8. The Balaban J connectivity index is 1.45. The fourth-order valence-electron chi connectivity index (χ4n) is 4.11. The first-order valence-electron chi connectivity index (χ1n) is 11.9. The minimum Gasteiger partial charge on any atom is -0.488 e. The smallest absolute Gasteiger partial charge is 0.298 e. The average molecular weight is 558 g/mol. The number of thiophene rings is 2. The van der Waals surface area contributed by atoms with Gasteiger partial charge in [-0.1, -0.05) is 6.07 Å². The van der Waals surface area contributed by atoms with Crippen LogP contribution in [0.3, 0.4) is 0 Å². The monoisotopic (exact) mass is 557 g/mol. The van der Waals surface area contributed by atoms with Gasteiger partial charge in [-0.05, 0) is 35.2 Å². The maximum Gasteiger partial charge on any atom is 0.298 e. The van der Waals surface area contributed by atoms with Gasteiger partial charge in [-0.2, -0.15) is 0 Å². The van der Waals surface area contributed by atoms with Gasteiger partial charge >= 0.3 is 0 Å². The zero-order valence-corrected chi connectivity index (χ0v) is 21.9. The maximum absolute atomic E-state index is 11.2. The molecular formula is C28H19N3O6S2. The van der Waals surface area contributed by atoms with Crippen LogP contribution in [0, 0.1) is 0 Å². The first kappa shape index (κ1) is 24.7. The molecule has 0 aliphatic carbocycles. The van der Waals surface area contributed by atoms with Gasteiger partial charge in [0.05, 0.1) is 45.7 Å². The summed E-state index contributed by atoms with van der Waals surface area (Å²) in [5.74, 6) is 2.06. The van der Waals surface area contributed by atoms with E-state index < -0.39 is 0 Å². The van der Waals surface area contributed by atoms with E-state index in [-0.39, 0.29) is 5.75 Å². The Morgan fingerprint density at radius 2 is 1.44 bits per heavy atom. The molecule has 5 aromatic heterocycles. The molecule has 194 valence electrons. The number of aromatic nitrogens is 3. The molecule has 0 aromatic carbocycles. The van der Waals surface area contributed by atoms with Crippen LogP contribution in [-0.2, 0) is 9.59 Å². The van der Waals surface area contributed by atoms with Crippen LogP contribution in [0.1, 0.15) is 6.42 Å². The van der Waals surface area contributed by atoms with Crippen LogP contribution in [0.25, 0.3) is 43.0 Å². The number of hydrogen-bond donors (Lipinski definition) is 0. The third kappa shape index (κ3) is 5.09. The van der Waals surface area contributed by atoms with E-state index in [1.807, 2.05) is 23.6 Å². The molecule has 1 aliphatic rings. The fraction of sp³-hybridized carbons (Fsp3) is 0.107. The highest BCUT2D eigenvalue weighted by atomic mass is 32.1. The number of ether oxygens (including phenoxy) is 4. The average Bonchev–Trinajstić information content (AvgIpc) is 3.55. The summed E-state index contributed by atoms with van der Waals surface area (Å²) in [6.07, 6.45) is 4.00. The highest BCUT2D eigenvalue weighted by Gasteiger charge is 2.26. The standard InChI is InChI=1S/C28H19N3O6S2/c32-15-36-18-5-7-30-21(12-18)23-14-19(37-16-33)13-22(31-23)20-11-17(4-6-29-20)27-25-26(35-9-2-8-34-25)28(39-27)24-3-1-10-38-24/h1,3-7,10-16H,2,8-9H2. The molecule has 11 heteroatoms. The lowest BCUT2D eigenvalue weighted by molar-refractivity contribution is -0.121. The number of carbonyl (C=O) groups is 2. The molecule has 5 aromatic rings. The van der Waals surface area contributed by atoms with E-state index in [4.69, 9.17) is 23.9 Å². The van der Waals surface area contributed by atoms with Gasteiger partial charge in [0, 0.05) is 41.9 Å². The van der Waals surface area contributed by atoms with Crippen molar-refractivity contribution in [2.24, 2.45) is 0 Å². The van der Waals surface area contributed by atoms with E-state index >= 15 is 0 Å². The molecule has 0 atom stereocenters. The predicted octanol–water partition coefficient (Wildman–Crippen LogP) is 5.89. The lowest BCUT2D eigenvalue weighted by Crippen LogP contribution is -1.98. The molecule has 0 fully saturated rings. The first-order valence-corrected chi connectivity index (χ1v) is 13.6. The molecule has 39 heavy (non-hydrogen) atoms.